The lowest BCUT2D eigenvalue weighted by Gasteiger charge is -2.14. The van der Waals surface area contributed by atoms with Crippen LogP contribution < -0.4 is 10.1 Å². The third-order valence-corrected chi connectivity index (χ3v) is 5.20. The van der Waals surface area contributed by atoms with E-state index in [0.717, 1.165) is 12.1 Å². The highest BCUT2D eigenvalue weighted by Crippen LogP contribution is 2.27. The number of benzene rings is 1. The summed E-state index contributed by atoms with van der Waals surface area (Å²) in [7, 11) is 0. The molecular weight excluding hydrogens is 340 g/mol. The van der Waals surface area contributed by atoms with Gasteiger partial charge in [-0.15, -0.1) is 22.7 Å². The van der Waals surface area contributed by atoms with E-state index in [4.69, 9.17) is 4.74 Å². The van der Waals surface area contributed by atoms with Crippen LogP contribution in [0.4, 0.5) is 0 Å². The van der Waals surface area contributed by atoms with Crippen molar-refractivity contribution in [3.8, 4) is 16.3 Å². The average Bonchev–Trinajstić information content (AvgIpc) is 3.27. The number of rotatable bonds is 7. The van der Waals surface area contributed by atoms with Crippen molar-refractivity contribution >= 4 is 28.6 Å². The van der Waals surface area contributed by atoms with Crippen molar-refractivity contribution in [2.75, 3.05) is 6.54 Å². The molecule has 0 saturated heterocycles. The fourth-order valence-corrected chi connectivity index (χ4v) is 3.80. The van der Waals surface area contributed by atoms with E-state index in [1.165, 1.54) is 9.75 Å². The first-order valence-corrected chi connectivity index (χ1v) is 9.45. The highest BCUT2D eigenvalue weighted by Gasteiger charge is 2.14. The SMILES string of the molecule is CC(Oc1ccccc1)C(=O)NCCc1ccc(-c2cscn2)s1. The minimum atomic E-state index is -0.513. The molecule has 1 aromatic carbocycles. The van der Waals surface area contributed by atoms with Crippen LogP contribution in [0.2, 0.25) is 0 Å². The van der Waals surface area contributed by atoms with Crippen LogP contribution in [-0.4, -0.2) is 23.5 Å². The number of nitrogens with zero attached hydrogens (tertiary/aromatic N) is 1. The Labute approximate surface area is 149 Å². The maximum absolute atomic E-state index is 12.1. The molecule has 0 aliphatic carbocycles. The van der Waals surface area contributed by atoms with E-state index in [2.05, 4.69) is 22.4 Å². The van der Waals surface area contributed by atoms with Crippen molar-refractivity contribution in [3.63, 3.8) is 0 Å². The van der Waals surface area contributed by atoms with Gasteiger partial charge in [0.15, 0.2) is 6.10 Å². The van der Waals surface area contributed by atoms with E-state index in [0.29, 0.717) is 12.3 Å². The molecule has 0 radical (unpaired) electrons. The van der Waals surface area contributed by atoms with Crippen LogP contribution in [0.15, 0.2) is 53.4 Å². The minimum Gasteiger partial charge on any atom is -0.481 e. The summed E-state index contributed by atoms with van der Waals surface area (Å²) >= 11 is 3.31. The standard InChI is InChI=1S/C18H18N2O2S2/c1-13(22-14-5-3-2-4-6-14)18(21)19-10-9-15-7-8-17(24-15)16-11-23-12-20-16/h2-8,11-13H,9-10H2,1H3,(H,19,21). The van der Waals surface area contributed by atoms with Crippen LogP contribution in [0.3, 0.4) is 0 Å². The fraction of sp³-hybridized carbons (Fsp3) is 0.222. The first kappa shape index (κ1) is 16.7. The van der Waals surface area contributed by atoms with Crippen LogP contribution in [0, 0.1) is 0 Å². The molecule has 0 aliphatic heterocycles. The molecule has 4 nitrogen and oxygen atoms in total. The number of carbonyl (C=O) groups excluding carboxylic acids is 1. The van der Waals surface area contributed by atoms with E-state index < -0.39 is 6.10 Å². The largest absolute Gasteiger partial charge is 0.481 e. The van der Waals surface area contributed by atoms with Crippen LogP contribution in [0.1, 0.15) is 11.8 Å². The zero-order chi connectivity index (χ0) is 16.8. The van der Waals surface area contributed by atoms with Gasteiger partial charge in [-0.2, -0.15) is 0 Å². The molecule has 0 aliphatic rings. The van der Waals surface area contributed by atoms with E-state index in [-0.39, 0.29) is 5.91 Å². The van der Waals surface area contributed by atoms with E-state index in [9.17, 15) is 4.79 Å². The number of ether oxygens (including phenoxy) is 1. The Balaban J connectivity index is 1.45. The van der Waals surface area contributed by atoms with Gasteiger partial charge in [0.25, 0.3) is 5.91 Å². The number of thiazole rings is 1. The Hall–Kier alpha value is -2.18. The van der Waals surface area contributed by atoms with Crippen LogP contribution in [0.5, 0.6) is 5.75 Å². The number of para-hydroxylation sites is 1. The molecule has 1 amide bonds. The van der Waals surface area contributed by atoms with Crippen LogP contribution in [0.25, 0.3) is 10.6 Å². The van der Waals surface area contributed by atoms with E-state index in [1.54, 1.807) is 29.6 Å². The zero-order valence-electron chi connectivity index (χ0n) is 13.3. The molecule has 1 unspecified atom stereocenters. The third-order valence-electron chi connectivity index (χ3n) is 3.44. The van der Waals surface area contributed by atoms with Gasteiger partial charge in [0.05, 0.1) is 16.1 Å². The van der Waals surface area contributed by atoms with Crippen molar-refractivity contribution in [2.45, 2.75) is 19.4 Å². The first-order valence-electron chi connectivity index (χ1n) is 7.69. The number of carbonyl (C=O) groups is 1. The van der Waals surface area contributed by atoms with Crippen molar-refractivity contribution < 1.29 is 9.53 Å². The molecule has 3 rings (SSSR count). The average molecular weight is 358 g/mol. The van der Waals surface area contributed by atoms with Gasteiger partial charge in [-0.05, 0) is 37.6 Å². The van der Waals surface area contributed by atoms with Gasteiger partial charge in [0.1, 0.15) is 5.75 Å². The Morgan fingerprint density at radius 2 is 2.08 bits per heavy atom. The molecule has 6 heteroatoms. The zero-order valence-corrected chi connectivity index (χ0v) is 14.9. The van der Waals surface area contributed by atoms with Crippen molar-refractivity contribution in [2.24, 2.45) is 0 Å². The molecule has 0 saturated carbocycles. The van der Waals surface area contributed by atoms with Gasteiger partial charge < -0.3 is 10.1 Å². The summed E-state index contributed by atoms with van der Waals surface area (Å²) in [5.74, 6) is 0.599. The predicted octanol–water partition coefficient (Wildman–Crippen LogP) is 4.00. The highest BCUT2D eigenvalue weighted by atomic mass is 32.1. The van der Waals surface area contributed by atoms with Crippen molar-refractivity contribution in [1.82, 2.24) is 10.3 Å². The molecule has 0 spiro atoms. The van der Waals surface area contributed by atoms with Gasteiger partial charge in [0.2, 0.25) is 0 Å². The number of hydrogen-bond donors (Lipinski definition) is 1. The lowest BCUT2D eigenvalue weighted by atomic mass is 10.3. The Morgan fingerprint density at radius 1 is 1.25 bits per heavy atom. The van der Waals surface area contributed by atoms with Crippen LogP contribution in [-0.2, 0) is 11.2 Å². The summed E-state index contributed by atoms with van der Waals surface area (Å²) in [5.41, 5.74) is 2.86. The van der Waals surface area contributed by atoms with Crippen LogP contribution >= 0.6 is 22.7 Å². The van der Waals surface area contributed by atoms with Gasteiger partial charge in [-0.25, -0.2) is 4.98 Å². The summed E-state index contributed by atoms with van der Waals surface area (Å²) in [6, 6.07) is 13.5. The summed E-state index contributed by atoms with van der Waals surface area (Å²) in [4.78, 5) is 18.8. The molecule has 2 aromatic heterocycles. The van der Waals surface area contributed by atoms with Crippen molar-refractivity contribution in [3.05, 3.63) is 58.2 Å². The smallest absolute Gasteiger partial charge is 0.260 e. The molecule has 24 heavy (non-hydrogen) atoms. The van der Waals surface area contributed by atoms with Gasteiger partial charge in [-0.1, -0.05) is 18.2 Å². The number of nitrogens with one attached hydrogen (secondary N) is 1. The third kappa shape index (κ3) is 4.43. The number of hydrogen-bond acceptors (Lipinski definition) is 5. The van der Waals surface area contributed by atoms with E-state index >= 15 is 0 Å². The summed E-state index contributed by atoms with van der Waals surface area (Å²) in [6.07, 6.45) is 0.291. The molecular formula is C18H18N2O2S2. The first-order chi connectivity index (χ1) is 11.7. The minimum absolute atomic E-state index is 0.102. The second kappa shape index (κ2) is 8.08. The number of amides is 1. The van der Waals surface area contributed by atoms with Gasteiger partial charge in [-0.3, -0.25) is 4.79 Å². The number of aromatic nitrogens is 1. The second-order valence-electron chi connectivity index (χ2n) is 5.25. The molecule has 1 N–H and O–H groups in total. The quantitative estimate of drug-likeness (QED) is 0.694. The molecule has 0 fully saturated rings. The number of thiophene rings is 1. The van der Waals surface area contributed by atoms with Gasteiger partial charge >= 0.3 is 0 Å². The molecule has 3 aromatic rings. The lowest BCUT2D eigenvalue weighted by molar-refractivity contribution is -0.127. The molecule has 2 heterocycles. The topological polar surface area (TPSA) is 51.2 Å². The fourth-order valence-electron chi connectivity index (χ4n) is 2.19. The maximum Gasteiger partial charge on any atom is 0.260 e. The second-order valence-corrected chi connectivity index (χ2v) is 7.14. The predicted molar refractivity (Wildman–Crippen MR) is 98.7 cm³/mol. The summed E-state index contributed by atoms with van der Waals surface area (Å²) < 4.78 is 5.62. The molecule has 124 valence electrons. The lowest BCUT2D eigenvalue weighted by Crippen LogP contribution is -2.37. The normalized spacial score (nSPS) is 11.9. The Kier molecular flexibility index (Phi) is 5.61. The van der Waals surface area contributed by atoms with E-state index in [1.807, 2.05) is 41.2 Å². The summed E-state index contributed by atoms with van der Waals surface area (Å²) in [5, 5.41) is 4.97. The Bertz CT molecular complexity index is 769. The Morgan fingerprint density at radius 3 is 2.83 bits per heavy atom. The highest BCUT2D eigenvalue weighted by molar-refractivity contribution is 7.16. The maximum atomic E-state index is 12.1. The monoisotopic (exact) mass is 358 g/mol. The van der Waals surface area contributed by atoms with Crippen molar-refractivity contribution in [1.29, 1.82) is 0 Å². The molecule has 0 bridgehead atoms. The summed E-state index contributed by atoms with van der Waals surface area (Å²) in [6.45, 7) is 2.35. The van der Waals surface area contributed by atoms with Gasteiger partial charge in [0, 0.05) is 16.8 Å². The molecule has 1 atom stereocenters.